The van der Waals surface area contributed by atoms with Gasteiger partial charge in [-0.2, -0.15) is 0 Å². The number of aromatic nitrogens is 1. The molecule has 0 aliphatic heterocycles. The van der Waals surface area contributed by atoms with Crippen LogP contribution >= 0.6 is 0 Å². The summed E-state index contributed by atoms with van der Waals surface area (Å²) in [6.07, 6.45) is 2.29. The molecule has 6 nitrogen and oxygen atoms in total. The third-order valence-corrected chi connectivity index (χ3v) is 3.01. The van der Waals surface area contributed by atoms with Gasteiger partial charge in [0.1, 0.15) is 11.6 Å². The number of nitrogens with one attached hydrogen (secondary N) is 1. The predicted octanol–water partition coefficient (Wildman–Crippen LogP) is 2.67. The maximum atomic E-state index is 11.8. The SMILES string of the molecule is COC(=O)c1ccc(NC(=O)CCCOc2ccccc2)nc1. The van der Waals surface area contributed by atoms with Crippen molar-refractivity contribution in [2.45, 2.75) is 12.8 Å². The fourth-order valence-electron chi connectivity index (χ4n) is 1.85. The van der Waals surface area contributed by atoms with Crippen LogP contribution in [-0.4, -0.2) is 30.6 Å². The van der Waals surface area contributed by atoms with Crippen LogP contribution in [-0.2, 0) is 9.53 Å². The van der Waals surface area contributed by atoms with Gasteiger partial charge in [0.2, 0.25) is 5.91 Å². The summed E-state index contributed by atoms with van der Waals surface area (Å²) in [5.41, 5.74) is 0.335. The van der Waals surface area contributed by atoms with Gasteiger partial charge in [0.25, 0.3) is 0 Å². The smallest absolute Gasteiger partial charge is 0.339 e. The number of benzene rings is 1. The first-order valence-corrected chi connectivity index (χ1v) is 7.21. The number of ether oxygens (including phenoxy) is 2. The summed E-state index contributed by atoms with van der Waals surface area (Å²) in [4.78, 5) is 27.1. The van der Waals surface area contributed by atoms with Gasteiger partial charge in [-0.3, -0.25) is 4.79 Å². The lowest BCUT2D eigenvalue weighted by Crippen LogP contribution is -2.14. The fraction of sp³-hybridized carbons (Fsp3) is 0.235. The molecule has 2 rings (SSSR count). The van der Waals surface area contributed by atoms with E-state index in [-0.39, 0.29) is 5.91 Å². The Morgan fingerprint density at radius 2 is 1.91 bits per heavy atom. The number of carbonyl (C=O) groups is 2. The lowest BCUT2D eigenvalue weighted by molar-refractivity contribution is -0.116. The minimum atomic E-state index is -0.464. The van der Waals surface area contributed by atoms with E-state index in [4.69, 9.17) is 4.74 Å². The average Bonchev–Trinajstić information content (AvgIpc) is 2.59. The Morgan fingerprint density at radius 3 is 2.57 bits per heavy atom. The molecule has 120 valence electrons. The van der Waals surface area contributed by atoms with E-state index < -0.39 is 5.97 Å². The Balaban J connectivity index is 1.71. The van der Waals surface area contributed by atoms with E-state index in [9.17, 15) is 9.59 Å². The van der Waals surface area contributed by atoms with Crippen LogP contribution in [0, 0.1) is 0 Å². The average molecular weight is 314 g/mol. The Hall–Kier alpha value is -2.89. The Morgan fingerprint density at radius 1 is 1.13 bits per heavy atom. The lowest BCUT2D eigenvalue weighted by atomic mass is 10.2. The van der Waals surface area contributed by atoms with Crippen LogP contribution in [0.4, 0.5) is 5.82 Å². The number of nitrogens with zero attached hydrogens (tertiary/aromatic N) is 1. The highest BCUT2D eigenvalue weighted by Gasteiger charge is 2.07. The largest absolute Gasteiger partial charge is 0.494 e. The maximum Gasteiger partial charge on any atom is 0.339 e. The van der Waals surface area contributed by atoms with Gasteiger partial charge in [-0.25, -0.2) is 9.78 Å². The van der Waals surface area contributed by atoms with Crippen molar-refractivity contribution in [3.63, 3.8) is 0 Å². The molecule has 23 heavy (non-hydrogen) atoms. The van der Waals surface area contributed by atoms with Gasteiger partial charge in [-0.15, -0.1) is 0 Å². The van der Waals surface area contributed by atoms with Crippen LogP contribution in [0.3, 0.4) is 0 Å². The van der Waals surface area contributed by atoms with Crippen molar-refractivity contribution in [3.05, 3.63) is 54.2 Å². The highest BCUT2D eigenvalue weighted by molar-refractivity contribution is 5.91. The molecule has 2 aromatic rings. The summed E-state index contributed by atoms with van der Waals surface area (Å²) in [6.45, 7) is 0.464. The molecular formula is C17H18N2O4. The van der Waals surface area contributed by atoms with E-state index in [1.807, 2.05) is 30.3 Å². The second kappa shape index (κ2) is 8.53. The molecule has 1 aromatic heterocycles. The zero-order valence-electron chi connectivity index (χ0n) is 12.8. The minimum absolute atomic E-state index is 0.153. The Labute approximate surface area is 134 Å². The highest BCUT2D eigenvalue weighted by atomic mass is 16.5. The number of esters is 1. The van der Waals surface area contributed by atoms with Crippen LogP contribution in [0.2, 0.25) is 0 Å². The molecule has 1 amide bonds. The molecule has 0 saturated heterocycles. The molecular weight excluding hydrogens is 296 g/mol. The summed E-state index contributed by atoms with van der Waals surface area (Å²) in [5, 5.41) is 2.67. The molecule has 0 fully saturated rings. The monoisotopic (exact) mass is 314 g/mol. The Kier molecular flexibility index (Phi) is 6.11. The van der Waals surface area contributed by atoms with Gasteiger partial charge < -0.3 is 14.8 Å². The van der Waals surface area contributed by atoms with Crippen molar-refractivity contribution in [1.82, 2.24) is 4.98 Å². The van der Waals surface area contributed by atoms with Crippen molar-refractivity contribution in [2.24, 2.45) is 0 Å². The molecule has 0 aliphatic carbocycles. The third kappa shape index (κ3) is 5.43. The van der Waals surface area contributed by atoms with Crippen molar-refractivity contribution in [2.75, 3.05) is 19.0 Å². The van der Waals surface area contributed by atoms with Gasteiger partial charge in [0.05, 0.1) is 19.3 Å². The molecule has 0 radical (unpaired) electrons. The van der Waals surface area contributed by atoms with Gasteiger partial charge in [0.15, 0.2) is 0 Å². The maximum absolute atomic E-state index is 11.8. The van der Waals surface area contributed by atoms with E-state index in [1.54, 1.807) is 12.1 Å². The predicted molar refractivity (Wildman–Crippen MR) is 85.4 cm³/mol. The summed E-state index contributed by atoms with van der Waals surface area (Å²) < 4.78 is 10.1. The molecule has 0 spiro atoms. The van der Waals surface area contributed by atoms with Crippen molar-refractivity contribution in [1.29, 1.82) is 0 Å². The summed E-state index contributed by atoms with van der Waals surface area (Å²) in [6, 6.07) is 12.5. The highest BCUT2D eigenvalue weighted by Crippen LogP contribution is 2.10. The number of methoxy groups -OCH3 is 1. The quantitative estimate of drug-likeness (QED) is 0.628. The summed E-state index contributed by atoms with van der Waals surface area (Å²) in [5.74, 6) is 0.563. The molecule has 0 saturated carbocycles. The van der Waals surface area contributed by atoms with Crippen molar-refractivity contribution in [3.8, 4) is 5.75 Å². The van der Waals surface area contributed by atoms with Gasteiger partial charge in [-0.05, 0) is 30.7 Å². The Bertz CT molecular complexity index is 641. The number of carbonyl (C=O) groups excluding carboxylic acids is 2. The topological polar surface area (TPSA) is 77.5 Å². The summed E-state index contributed by atoms with van der Waals surface area (Å²) in [7, 11) is 1.30. The molecule has 0 aliphatic rings. The third-order valence-electron chi connectivity index (χ3n) is 3.01. The van der Waals surface area contributed by atoms with Crippen LogP contribution in [0.25, 0.3) is 0 Å². The number of amides is 1. The number of hydrogen-bond acceptors (Lipinski definition) is 5. The van der Waals surface area contributed by atoms with E-state index >= 15 is 0 Å². The van der Waals surface area contributed by atoms with Crippen LogP contribution < -0.4 is 10.1 Å². The van der Waals surface area contributed by atoms with Gasteiger partial charge in [-0.1, -0.05) is 18.2 Å². The molecule has 0 bridgehead atoms. The number of pyridine rings is 1. The molecule has 0 unspecified atom stereocenters. The molecule has 6 heteroatoms. The van der Waals surface area contributed by atoms with E-state index in [0.29, 0.717) is 30.8 Å². The van der Waals surface area contributed by atoms with Gasteiger partial charge in [0, 0.05) is 12.6 Å². The molecule has 0 atom stereocenters. The van der Waals surface area contributed by atoms with Crippen molar-refractivity contribution < 1.29 is 19.1 Å². The van der Waals surface area contributed by atoms with Gasteiger partial charge >= 0.3 is 5.97 Å². The second-order valence-electron chi connectivity index (χ2n) is 4.74. The number of rotatable bonds is 7. The zero-order valence-corrected chi connectivity index (χ0v) is 12.8. The lowest BCUT2D eigenvalue weighted by Gasteiger charge is -2.07. The van der Waals surface area contributed by atoms with Crippen LogP contribution in [0.15, 0.2) is 48.7 Å². The standard InChI is InChI=1S/C17H18N2O4/c1-22-17(21)13-9-10-15(18-12-13)19-16(20)8-5-11-23-14-6-3-2-4-7-14/h2-4,6-7,9-10,12H,5,8,11H2,1H3,(H,18,19,20). The number of para-hydroxylation sites is 1. The first kappa shape index (κ1) is 16.5. The number of hydrogen-bond donors (Lipinski definition) is 1. The number of anilines is 1. The van der Waals surface area contributed by atoms with E-state index in [0.717, 1.165) is 5.75 Å². The molecule has 1 heterocycles. The van der Waals surface area contributed by atoms with E-state index in [1.165, 1.54) is 13.3 Å². The van der Waals surface area contributed by atoms with Crippen LogP contribution in [0.5, 0.6) is 5.75 Å². The van der Waals surface area contributed by atoms with Crippen molar-refractivity contribution >= 4 is 17.7 Å². The first-order chi connectivity index (χ1) is 11.2. The summed E-state index contributed by atoms with van der Waals surface area (Å²) >= 11 is 0. The molecule has 1 aromatic carbocycles. The fourth-order valence-corrected chi connectivity index (χ4v) is 1.85. The van der Waals surface area contributed by atoms with Crippen LogP contribution in [0.1, 0.15) is 23.2 Å². The normalized spacial score (nSPS) is 9.96. The first-order valence-electron chi connectivity index (χ1n) is 7.21. The zero-order chi connectivity index (χ0) is 16.5. The second-order valence-corrected chi connectivity index (χ2v) is 4.74. The minimum Gasteiger partial charge on any atom is -0.494 e. The molecule has 1 N–H and O–H groups in total. The van der Waals surface area contributed by atoms with E-state index in [2.05, 4.69) is 15.0 Å².